The number of nitrogens with two attached hydrogens (primary N) is 1. The molecule has 0 fully saturated rings. The maximum absolute atomic E-state index is 5.99. The molecule has 0 aliphatic rings. The smallest absolute Gasteiger partial charge is 0.141 e. The largest absolute Gasteiger partial charge is 0.456 e. The van der Waals surface area contributed by atoms with E-state index in [1.54, 1.807) is 0 Å². The molecule has 2 aromatic carbocycles. The van der Waals surface area contributed by atoms with Gasteiger partial charge in [0.15, 0.2) is 0 Å². The van der Waals surface area contributed by atoms with Crippen molar-refractivity contribution in [3.63, 3.8) is 0 Å². The molecule has 0 aromatic heterocycles. The first-order valence-corrected chi connectivity index (χ1v) is 7.90. The van der Waals surface area contributed by atoms with Crippen LogP contribution in [-0.4, -0.2) is 0 Å². The highest BCUT2D eigenvalue weighted by atomic mass is 79.9. The Morgan fingerprint density at radius 1 is 1.10 bits per heavy atom. The molecule has 3 heteroatoms. The first-order valence-electron chi connectivity index (χ1n) is 7.11. The quantitative estimate of drug-likeness (QED) is 0.788. The summed E-state index contributed by atoms with van der Waals surface area (Å²) in [4.78, 5) is 0. The van der Waals surface area contributed by atoms with Crippen LogP contribution in [-0.2, 0) is 5.41 Å². The summed E-state index contributed by atoms with van der Waals surface area (Å²) in [6.45, 7) is 8.55. The van der Waals surface area contributed by atoms with E-state index in [1.807, 2.05) is 37.3 Å². The van der Waals surface area contributed by atoms with Crippen LogP contribution in [0, 0.1) is 0 Å². The van der Waals surface area contributed by atoms with Gasteiger partial charge < -0.3 is 10.5 Å². The van der Waals surface area contributed by atoms with Crippen LogP contribution >= 0.6 is 15.9 Å². The van der Waals surface area contributed by atoms with E-state index in [-0.39, 0.29) is 11.5 Å². The van der Waals surface area contributed by atoms with Gasteiger partial charge in [0.1, 0.15) is 11.5 Å². The molecule has 0 heterocycles. The second-order valence-electron chi connectivity index (χ2n) is 6.36. The Morgan fingerprint density at radius 3 is 2.38 bits per heavy atom. The number of rotatable bonds is 3. The van der Waals surface area contributed by atoms with Crippen LogP contribution in [0.25, 0.3) is 0 Å². The average Bonchev–Trinajstić information content (AvgIpc) is 2.40. The zero-order valence-electron chi connectivity index (χ0n) is 13.0. The molecule has 1 atom stereocenters. The van der Waals surface area contributed by atoms with Gasteiger partial charge in [0.05, 0.1) is 4.47 Å². The second-order valence-corrected chi connectivity index (χ2v) is 7.21. The van der Waals surface area contributed by atoms with Crippen molar-refractivity contribution in [1.29, 1.82) is 0 Å². The van der Waals surface area contributed by atoms with E-state index in [0.29, 0.717) is 0 Å². The monoisotopic (exact) mass is 347 g/mol. The predicted octanol–water partition coefficient (Wildman–Crippen LogP) is 5.56. The van der Waals surface area contributed by atoms with E-state index in [4.69, 9.17) is 10.5 Å². The van der Waals surface area contributed by atoms with Crippen molar-refractivity contribution in [2.24, 2.45) is 5.73 Å². The van der Waals surface area contributed by atoms with Crippen molar-refractivity contribution < 1.29 is 4.74 Å². The zero-order valence-corrected chi connectivity index (χ0v) is 14.6. The molecular weight excluding hydrogens is 326 g/mol. The second kappa shape index (κ2) is 6.20. The summed E-state index contributed by atoms with van der Waals surface area (Å²) in [6, 6.07) is 14.2. The average molecular weight is 348 g/mol. The summed E-state index contributed by atoms with van der Waals surface area (Å²) < 4.78 is 6.91. The van der Waals surface area contributed by atoms with Crippen LogP contribution < -0.4 is 10.5 Å². The Kier molecular flexibility index (Phi) is 4.74. The van der Waals surface area contributed by atoms with E-state index in [0.717, 1.165) is 21.5 Å². The van der Waals surface area contributed by atoms with Gasteiger partial charge in [0.25, 0.3) is 0 Å². The van der Waals surface area contributed by atoms with Gasteiger partial charge >= 0.3 is 0 Å². The van der Waals surface area contributed by atoms with Gasteiger partial charge in [-0.2, -0.15) is 0 Å². The fourth-order valence-electron chi connectivity index (χ4n) is 2.04. The molecule has 0 unspecified atom stereocenters. The molecule has 2 aromatic rings. The third-order valence-corrected chi connectivity index (χ3v) is 4.03. The maximum atomic E-state index is 5.99. The van der Waals surface area contributed by atoms with Gasteiger partial charge in [-0.3, -0.25) is 0 Å². The Labute approximate surface area is 135 Å². The Balaban J connectivity index is 2.26. The molecule has 2 N–H and O–H groups in total. The minimum Gasteiger partial charge on any atom is -0.456 e. The number of hydrogen-bond acceptors (Lipinski definition) is 2. The number of benzene rings is 2. The van der Waals surface area contributed by atoms with Crippen molar-refractivity contribution in [2.75, 3.05) is 0 Å². The molecule has 0 saturated carbocycles. The standard InChI is InChI=1S/C18H22BrNO/c1-12(20)13-8-9-17(16(19)10-13)21-15-7-5-6-14(11-15)18(2,3)4/h5-12H,20H2,1-4H3/t12-/m1/s1. The maximum Gasteiger partial charge on any atom is 0.141 e. The van der Waals surface area contributed by atoms with Crippen LogP contribution in [0.3, 0.4) is 0 Å². The number of ether oxygens (including phenoxy) is 1. The molecular formula is C18H22BrNO. The summed E-state index contributed by atoms with van der Waals surface area (Å²) >= 11 is 3.55. The lowest BCUT2D eigenvalue weighted by atomic mass is 9.87. The lowest BCUT2D eigenvalue weighted by Gasteiger charge is -2.20. The SMILES string of the molecule is C[C@@H](N)c1ccc(Oc2cccc(C(C)(C)C)c2)c(Br)c1. The summed E-state index contributed by atoms with van der Waals surface area (Å²) in [5.41, 5.74) is 8.33. The molecule has 0 radical (unpaired) electrons. The molecule has 2 nitrogen and oxygen atoms in total. The van der Waals surface area contributed by atoms with E-state index in [2.05, 4.69) is 48.8 Å². The summed E-state index contributed by atoms with van der Waals surface area (Å²) in [6.07, 6.45) is 0. The molecule has 0 spiro atoms. The van der Waals surface area contributed by atoms with Gasteiger partial charge in [0.2, 0.25) is 0 Å². The van der Waals surface area contributed by atoms with Gasteiger partial charge in [-0.15, -0.1) is 0 Å². The van der Waals surface area contributed by atoms with Gasteiger partial charge in [0, 0.05) is 6.04 Å². The number of halogens is 1. The van der Waals surface area contributed by atoms with Crippen LogP contribution in [0.1, 0.15) is 44.9 Å². The Morgan fingerprint density at radius 2 is 1.81 bits per heavy atom. The highest BCUT2D eigenvalue weighted by Crippen LogP contribution is 2.33. The molecule has 0 aliphatic heterocycles. The minimum atomic E-state index is 0.0135. The normalized spacial score (nSPS) is 13.0. The molecule has 21 heavy (non-hydrogen) atoms. The first-order chi connectivity index (χ1) is 9.77. The fourth-order valence-corrected chi connectivity index (χ4v) is 2.51. The Hall–Kier alpha value is -1.32. The predicted molar refractivity (Wildman–Crippen MR) is 92.0 cm³/mol. The van der Waals surface area contributed by atoms with E-state index >= 15 is 0 Å². The van der Waals surface area contributed by atoms with Crippen LogP contribution in [0.4, 0.5) is 0 Å². The van der Waals surface area contributed by atoms with Crippen molar-refractivity contribution >= 4 is 15.9 Å². The van der Waals surface area contributed by atoms with Crippen LogP contribution in [0.5, 0.6) is 11.5 Å². The molecule has 112 valence electrons. The molecule has 0 aliphatic carbocycles. The lowest BCUT2D eigenvalue weighted by Crippen LogP contribution is -2.10. The van der Waals surface area contributed by atoms with Crippen LogP contribution in [0.2, 0.25) is 0 Å². The summed E-state index contributed by atoms with van der Waals surface area (Å²) in [5.74, 6) is 1.64. The number of hydrogen-bond donors (Lipinski definition) is 1. The third-order valence-electron chi connectivity index (χ3n) is 3.41. The lowest BCUT2D eigenvalue weighted by molar-refractivity contribution is 0.475. The minimum absolute atomic E-state index is 0.0135. The zero-order chi connectivity index (χ0) is 15.6. The Bertz CT molecular complexity index is 629. The van der Waals surface area contributed by atoms with E-state index in [1.165, 1.54) is 5.56 Å². The summed E-state index contributed by atoms with van der Waals surface area (Å²) in [7, 11) is 0. The fraction of sp³-hybridized carbons (Fsp3) is 0.333. The first kappa shape index (κ1) is 16.1. The van der Waals surface area contributed by atoms with Gasteiger partial charge in [-0.05, 0) is 63.7 Å². The van der Waals surface area contributed by atoms with Crippen LogP contribution in [0.15, 0.2) is 46.9 Å². The highest BCUT2D eigenvalue weighted by Gasteiger charge is 2.14. The summed E-state index contributed by atoms with van der Waals surface area (Å²) in [5, 5.41) is 0. The van der Waals surface area contributed by atoms with Crippen molar-refractivity contribution in [3.05, 3.63) is 58.1 Å². The highest BCUT2D eigenvalue weighted by molar-refractivity contribution is 9.10. The van der Waals surface area contributed by atoms with Crippen molar-refractivity contribution in [2.45, 2.75) is 39.2 Å². The molecule has 2 rings (SSSR count). The van der Waals surface area contributed by atoms with E-state index in [9.17, 15) is 0 Å². The van der Waals surface area contributed by atoms with E-state index < -0.39 is 0 Å². The van der Waals surface area contributed by atoms with Crippen molar-refractivity contribution in [1.82, 2.24) is 0 Å². The molecule has 0 bridgehead atoms. The molecule has 0 amide bonds. The van der Waals surface area contributed by atoms with Gasteiger partial charge in [-0.25, -0.2) is 0 Å². The molecule has 0 saturated heterocycles. The topological polar surface area (TPSA) is 35.2 Å². The van der Waals surface area contributed by atoms with Crippen molar-refractivity contribution in [3.8, 4) is 11.5 Å². The third kappa shape index (κ3) is 4.08. The van der Waals surface area contributed by atoms with Gasteiger partial charge in [-0.1, -0.05) is 39.0 Å².